The monoisotopic (exact) mass is 437 g/mol. The van der Waals surface area contributed by atoms with E-state index in [2.05, 4.69) is 5.10 Å². The number of ether oxygens (including phenoxy) is 1. The van der Waals surface area contributed by atoms with Gasteiger partial charge in [0.2, 0.25) is 0 Å². The van der Waals surface area contributed by atoms with Crippen molar-refractivity contribution in [3.8, 4) is 16.9 Å². The van der Waals surface area contributed by atoms with Gasteiger partial charge >= 0.3 is 12.1 Å². The summed E-state index contributed by atoms with van der Waals surface area (Å²) in [6, 6.07) is 12.9. The molecule has 2 aromatic carbocycles. The molecule has 1 unspecified atom stereocenters. The number of carbonyl (C=O) groups excluding carboxylic acids is 1. The summed E-state index contributed by atoms with van der Waals surface area (Å²) in [6.07, 6.45) is -4.65. The number of nitrogens with zero attached hydrogens (tertiary/aromatic N) is 2. The molecule has 158 valence electrons. The molecular formula is C20H16F3N2O4S-. The molecule has 3 aromatic rings. The molecule has 0 radical (unpaired) electrons. The lowest BCUT2D eigenvalue weighted by Crippen LogP contribution is -2.08. The number of hydrogen-bond acceptors (Lipinski definition) is 5. The highest BCUT2D eigenvalue weighted by Crippen LogP contribution is 2.33. The predicted molar refractivity (Wildman–Crippen MR) is 103 cm³/mol. The Morgan fingerprint density at radius 1 is 1.13 bits per heavy atom. The van der Waals surface area contributed by atoms with E-state index in [1.807, 2.05) is 0 Å². The van der Waals surface area contributed by atoms with Crippen LogP contribution in [-0.2, 0) is 27.7 Å². The van der Waals surface area contributed by atoms with Gasteiger partial charge in [-0.2, -0.15) is 18.3 Å². The van der Waals surface area contributed by atoms with Crippen molar-refractivity contribution in [1.82, 2.24) is 9.78 Å². The molecule has 0 aliphatic rings. The van der Waals surface area contributed by atoms with Gasteiger partial charge in [-0.15, -0.1) is 0 Å². The summed E-state index contributed by atoms with van der Waals surface area (Å²) in [5, 5.41) is 3.69. The van der Waals surface area contributed by atoms with Gasteiger partial charge in [-0.3, -0.25) is 4.21 Å². The largest absolute Gasteiger partial charge is 0.772 e. The fourth-order valence-corrected chi connectivity index (χ4v) is 3.25. The van der Waals surface area contributed by atoms with Crippen LogP contribution in [0.5, 0.6) is 0 Å². The molecule has 0 aliphatic heterocycles. The van der Waals surface area contributed by atoms with Crippen molar-refractivity contribution >= 4 is 17.0 Å². The maximum Gasteiger partial charge on any atom is 0.435 e. The average Bonchev–Trinajstić information content (AvgIpc) is 3.14. The van der Waals surface area contributed by atoms with Crippen LogP contribution < -0.4 is 0 Å². The quantitative estimate of drug-likeness (QED) is 0.428. The van der Waals surface area contributed by atoms with E-state index in [0.717, 1.165) is 10.7 Å². The third kappa shape index (κ3) is 4.95. The Hall–Kier alpha value is -2.98. The highest BCUT2D eigenvalue weighted by atomic mass is 32.2. The van der Waals surface area contributed by atoms with Gasteiger partial charge in [0, 0.05) is 11.3 Å². The molecule has 30 heavy (non-hydrogen) atoms. The van der Waals surface area contributed by atoms with Crippen LogP contribution in [0.3, 0.4) is 0 Å². The first kappa shape index (κ1) is 21.7. The minimum atomic E-state index is -4.65. The van der Waals surface area contributed by atoms with E-state index >= 15 is 0 Å². The Labute approximate surface area is 172 Å². The average molecular weight is 437 g/mol. The lowest BCUT2D eigenvalue weighted by Gasteiger charge is -2.10. The predicted octanol–water partition coefficient (Wildman–Crippen LogP) is 4.11. The Morgan fingerprint density at radius 2 is 1.77 bits per heavy atom. The van der Waals surface area contributed by atoms with Crippen LogP contribution in [-0.4, -0.2) is 31.1 Å². The topological polar surface area (TPSA) is 84.2 Å². The molecule has 1 aromatic heterocycles. The molecule has 0 saturated carbocycles. The van der Waals surface area contributed by atoms with Crippen molar-refractivity contribution in [2.75, 3.05) is 6.61 Å². The van der Waals surface area contributed by atoms with E-state index in [4.69, 9.17) is 4.74 Å². The first-order valence-corrected chi connectivity index (χ1v) is 10.0. The Bertz CT molecular complexity index is 1060. The summed E-state index contributed by atoms with van der Waals surface area (Å²) in [6.45, 7) is 1.87. The fraction of sp³-hybridized carbons (Fsp3) is 0.200. The lowest BCUT2D eigenvalue weighted by atomic mass is 10.1. The molecule has 1 atom stereocenters. The van der Waals surface area contributed by atoms with Crippen LogP contribution in [0.25, 0.3) is 16.9 Å². The number of hydrogen-bond donors (Lipinski definition) is 0. The number of benzene rings is 2. The second kappa shape index (κ2) is 8.80. The van der Waals surface area contributed by atoms with E-state index in [1.54, 1.807) is 6.92 Å². The summed E-state index contributed by atoms with van der Waals surface area (Å²) in [5.41, 5.74) is 0.609. The van der Waals surface area contributed by atoms with Crippen LogP contribution >= 0.6 is 0 Å². The summed E-state index contributed by atoms with van der Waals surface area (Å²) >= 11 is -2.27. The van der Waals surface area contributed by atoms with Gasteiger partial charge < -0.3 is 9.29 Å². The molecule has 1 heterocycles. The fourth-order valence-electron chi connectivity index (χ4n) is 2.78. The zero-order chi connectivity index (χ0) is 21.9. The van der Waals surface area contributed by atoms with Gasteiger partial charge in [0.1, 0.15) is 0 Å². The minimum Gasteiger partial charge on any atom is -0.772 e. The smallest absolute Gasteiger partial charge is 0.435 e. The normalized spacial score (nSPS) is 12.6. The van der Waals surface area contributed by atoms with Gasteiger partial charge in [0.15, 0.2) is 5.69 Å². The summed E-state index contributed by atoms with van der Waals surface area (Å²) in [7, 11) is 0. The number of alkyl halides is 3. The van der Waals surface area contributed by atoms with E-state index in [9.17, 15) is 26.7 Å². The molecule has 0 amide bonds. The first-order chi connectivity index (χ1) is 14.2. The molecule has 0 aliphatic carbocycles. The van der Waals surface area contributed by atoms with E-state index in [-0.39, 0.29) is 23.6 Å². The highest BCUT2D eigenvalue weighted by Gasteiger charge is 2.35. The van der Waals surface area contributed by atoms with E-state index < -0.39 is 28.9 Å². The SMILES string of the molecule is CCOC(=O)c1ccc(-n2nc(C(F)(F)F)cc2-c2ccc(CS(=O)[O-])cc2)cc1. The van der Waals surface area contributed by atoms with Gasteiger partial charge in [-0.1, -0.05) is 35.3 Å². The highest BCUT2D eigenvalue weighted by molar-refractivity contribution is 7.78. The molecule has 0 fully saturated rings. The van der Waals surface area contributed by atoms with Crippen LogP contribution in [0.1, 0.15) is 28.5 Å². The van der Waals surface area contributed by atoms with Crippen molar-refractivity contribution in [3.63, 3.8) is 0 Å². The molecule has 0 spiro atoms. The second-order valence-corrected chi connectivity index (χ2v) is 7.13. The van der Waals surface area contributed by atoms with E-state index in [1.165, 1.54) is 48.5 Å². The summed E-state index contributed by atoms with van der Waals surface area (Å²) < 4.78 is 67.5. The Kier molecular flexibility index (Phi) is 6.37. The molecule has 0 N–H and O–H groups in total. The third-order valence-electron chi connectivity index (χ3n) is 4.16. The Balaban J connectivity index is 2.03. The first-order valence-electron chi connectivity index (χ1n) is 8.79. The molecule has 3 rings (SSSR count). The molecule has 6 nitrogen and oxygen atoms in total. The second-order valence-electron chi connectivity index (χ2n) is 6.24. The van der Waals surface area contributed by atoms with Crippen molar-refractivity contribution in [2.24, 2.45) is 0 Å². The van der Waals surface area contributed by atoms with Gasteiger partial charge in [-0.25, -0.2) is 9.48 Å². The van der Waals surface area contributed by atoms with Gasteiger partial charge in [-0.05, 0) is 42.8 Å². The van der Waals surface area contributed by atoms with Crippen LogP contribution in [0.15, 0.2) is 54.6 Å². The number of esters is 1. The summed E-state index contributed by atoms with van der Waals surface area (Å²) in [5.74, 6) is -0.727. The number of carbonyl (C=O) groups is 1. The summed E-state index contributed by atoms with van der Waals surface area (Å²) in [4.78, 5) is 11.8. The lowest BCUT2D eigenvalue weighted by molar-refractivity contribution is -0.141. The molecule has 0 bridgehead atoms. The van der Waals surface area contributed by atoms with Crippen molar-refractivity contribution in [1.29, 1.82) is 0 Å². The van der Waals surface area contributed by atoms with Crippen molar-refractivity contribution in [2.45, 2.75) is 18.9 Å². The number of rotatable bonds is 6. The van der Waals surface area contributed by atoms with Crippen LogP contribution in [0, 0.1) is 0 Å². The van der Waals surface area contributed by atoms with Gasteiger partial charge in [0.25, 0.3) is 0 Å². The molecular weight excluding hydrogens is 421 g/mol. The maximum absolute atomic E-state index is 13.3. The zero-order valence-electron chi connectivity index (χ0n) is 15.7. The van der Waals surface area contributed by atoms with Crippen LogP contribution in [0.4, 0.5) is 13.2 Å². The minimum absolute atomic E-state index is 0.168. The Morgan fingerprint density at radius 3 is 2.30 bits per heavy atom. The van der Waals surface area contributed by atoms with Gasteiger partial charge in [0.05, 0.1) is 23.6 Å². The number of aromatic nitrogens is 2. The standard InChI is InChI=1S/C20H17F3N2O4S/c1-2-29-19(26)15-7-9-16(10-8-15)25-17(11-18(24-25)20(21,22)23)14-5-3-13(4-6-14)12-30(27)28/h3-11H,2,12H2,1H3,(H,27,28)/p-1. The maximum atomic E-state index is 13.3. The van der Waals surface area contributed by atoms with Crippen molar-refractivity contribution in [3.05, 3.63) is 71.4 Å². The van der Waals surface area contributed by atoms with Crippen LogP contribution in [0.2, 0.25) is 0 Å². The molecule has 10 heteroatoms. The number of halogens is 3. The van der Waals surface area contributed by atoms with E-state index in [0.29, 0.717) is 16.8 Å². The third-order valence-corrected chi connectivity index (χ3v) is 4.73. The molecule has 0 saturated heterocycles. The van der Waals surface area contributed by atoms with Crippen molar-refractivity contribution < 1.29 is 31.5 Å². The zero-order valence-corrected chi connectivity index (χ0v) is 16.5.